The van der Waals surface area contributed by atoms with Crippen molar-refractivity contribution in [1.29, 1.82) is 0 Å². The number of amides is 1. The molecule has 3 rings (SSSR count). The number of carbonyl (C=O) groups is 1. The van der Waals surface area contributed by atoms with Gasteiger partial charge < -0.3 is 4.74 Å². The predicted octanol–water partition coefficient (Wildman–Crippen LogP) is 4.21. The van der Waals surface area contributed by atoms with Gasteiger partial charge in [-0.2, -0.15) is 5.10 Å². The molecule has 3 aromatic carbocycles. The van der Waals surface area contributed by atoms with Gasteiger partial charge >= 0.3 is 0 Å². The van der Waals surface area contributed by atoms with Crippen molar-refractivity contribution in [2.45, 2.75) is 24.7 Å². The summed E-state index contributed by atoms with van der Waals surface area (Å²) in [5, 5.41) is 3.96. The van der Waals surface area contributed by atoms with Crippen LogP contribution in [0, 0.1) is 0 Å². The number of carbonyl (C=O) groups excluding carboxylic acids is 1. The zero-order chi connectivity index (χ0) is 23.5. The second-order valence-corrected chi connectivity index (χ2v) is 9.09. The molecule has 33 heavy (non-hydrogen) atoms. The minimum Gasteiger partial charge on any atom is -0.494 e. The van der Waals surface area contributed by atoms with E-state index in [1.165, 1.54) is 18.3 Å². The van der Waals surface area contributed by atoms with E-state index in [1.54, 1.807) is 48.5 Å². The molecule has 0 aliphatic carbocycles. The van der Waals surface area contributed by atoms with E-state index in [0.717, 1.165) is 28.5 Å². The summed E-state index contributed by atoms with van der Waals surface area (Å²) < 4.78 is 33.1. The number of hydrazone groups is 1. The lowest BCUT2D eigenvalue weighted by Gasteiger charge is -2.23. The molecule has 0 spiro atoms. The van der Waals surface area contributed by atoms with E-state index in [9.17, 15) is 13.2 Å². The van der Waals surface area contributed by atoms with Crippen LogP contribution in [-0.4, -0.2) is 33.7 Å². The van der Waals surface area contributed by atoms with E-state index in [-0.39, 0.29) is 4.90 Å². The second kappa shape index (κ2) is 11.8. The molecule has 8 heteroatoms. The molecule has 0 saturated carbocycles. The molecule has 7 nitrogen and oxygen atoms in total. The lowest BCUT2D eigenvalue weighted by atomic mass is 10.2. The quantitative estimate of drug-likeness (QED) is 0.261. The van der Waals surface area contributed by atoms with Gasteiger partial charge in [-0.25, -0.2) is 13.8 Å². The Kier molecular flexibility index (Phi) is 8.60. The van der Waals surface area contributed by atoms with Crippen molar-refractivity contribution < 1.29 is 17.9 Å². The van der Waals surface area contributed by atoms with Crippen LogP contribution in [0.25, 0.3) is 0 Å². The monoisotopic (exact) mass is 465 g/mol. The van der Waals surface area contributed by atoms with Crippen molar-refractivity contribution in [3.05, 3.63) is 90.5 Å². The van der Waals surface area contributed by atoms with E-state index >= 15 is 0 Å². The SMILES string of the molecule is CCCCOc1ccc(/C=N\NC(=O)CN(c2ccccc2)S(=O)(=O)c2ccccc2)cc1. The third-order valence-corrected chi connectivity index (χ3v) is 6.50. The third kappa shape index (κ3) is 6.92. The van der Waals surface area contributed by atoms with Crippen LogP contribution in [0.5, 0.6) is 5.75 Å². The van der Waals surface area contributed by atoms with Gasteiger partial charge in [0.2, 0.25) is 0 Å². The van der Waals surface area contributed by atoms with Crippen LogP contribution in [0.2, 0.25) is 0 Å². The number of hydrogen-bond donors (Lipinski definition) is 1. The first-order valence-electron chi connectivity index (χ1n) is 10.7. The molecule has 1 N–H and O–H groups in total. The maximum absolute atomic E-state index is 13.2. The molecule has 0 bridgehead atoms. The molecule has 0 atom stereocenters. The average Bonchev–Trinajstić information content (AvgIpc) is 2.85. The summed E-state index contributed by atoms with van der Waals surface area (Å²) in [5.41, 5.74) is 3.57. The van der Waals surface area contributed by atoms with Gasteiger partial charge in [-0.05, 0) is 60.5 Å². The standard InChI is InChI=1S/C25H27N3O4S/c1-2-3-18-32-23-16-14-21(15-17-23)19-26-27-25(29)20-28(22-10-6-4-7-11-22)33(30,31)24-12-8-5-9-13-24/h4-17,19H,2-3,18,20H2,1H3,(H,27,29)/b26-19-. The van der Waals surface area contributed by atoms with Gasteiger partial charge in [0.05, 0.1) is 23.4 Å². The lowest BCUT2D eigenvalue weighted by Crippen LogP contribution is -2.39. The molecule has 0 radical (unpaired) electrons. The number of para-hydroxylation sites is 1. The summed E-state index contributed by atoms with van der Waals surface area (Å²) in [6.45, 7) is 2.36. The number of unbranched alkanes of at least 4 members (excludes halogenated alkanes) is 1. The molecule has 172 valence electrons. The normalized spacial score (nSPS) is 11.3. The van der Waals surface area contributed by atoms with E-state index in [4.69, 9.17) is 4.74 Å². The predicted molar refractivity (Wildman–Crippen MR) is 130 cm³/mol. The number of nitrogens with zero attached hydrogens (tertiary/aromatic N) is 2. The maximum Gasteiger partial charge on any atom is 0.264 e. The van der Waals surface area contributed by atoms with Gasteiger partial charge in [-0.15, -0.1) is 0 Å². The number of benzene rings is 3. The van der Waals surface area contributed by atoms with E-state index in [0.29, 0.717) is 12.3 Å². The van der Waals surface area contributed by atoms with Gasteiger partial charge in [-0.1, -0.05) is 49.7 Å². The van der Waals surface area contributed by atoms with E-state index in [2.05, 4.69) is 17.5 Å². The first kappa shape index (κ1) is 24.0. The van der Waals surface area contributed by atoms with Gasteiger partial charge in [0, 0.05) is 0 Å². The highest BCUT2D eigenvalue weighted by Gasteiger charge is 2.26. The molecule has 1 amide bonds. The number of hydrogen-bond acceptors (Lipinski definition) is 5. The summed E-state index contributed by atoms with van der Waals surface area (Å²) in [6, 6.07) is 23.8. The highest BCUT2D eigenvalue weighted by molar-refractivity contribution is 7.92. The fraction of sp³-hybridized carbons (Fsp3) is 0.200. The average molecular weight is 466 g/mol. The minimum atomic E-state index is -3.93. The fourth-order valence-corrected chi connectivity index (χ4v) is 4.40. The number of ether oxygens (including phenoxy) is 1. The van der Waals surface area contributed by atoms with Crippen molar-refractivity contribution >= 4 is 27.8 Å². The Morgan fingerprint density at radius 2 is 1.61 bits per heavy atom. The third-order valence-electron chi connectivity index (χ3n) is 4.71. The fourth-order valence-electron chi connectivity index (χ4n) is 2.96. The Balaban J connectivity index is 1.67. The van der Waals surface area contributed by atoms with Crippen molar-refractivity contribution in [2.75, 3.05) is 17.5 Å². The van der Waals surface area contributed by atoms with Gasteiger partial charge in [0.15, 0.2) is 0 Å². The number of rotatable bonds is 11. The van der Waals surface area contributed by atoms with Gasteiger partial charge in [0.25, 0.3) is 15.9 Å². The Hall–Kier alpha value is -3.65. The molecule has 0 unspecified atom stereocenters. The highest BCUT2D eigenvalue weighted by atomic mass is 32.2. The van der Waals surface area contributed by atoms with Crippen LogP contribution in [0.1, 0.15) is 25.3 Å². The van der Waals surface area contributed by atoms with Crippen LogP contribution < -0.4 is 14.5 Å². The summed E-state index contributed by atoms with van der Waals surface area (Å²) in [6.07, 6.45) is 3.56. The molecule has 0 fully saturated rings. The smallest absolute Gasteiger partial charge is 0.264 e. The lowest BCUT2D eigenvalue weighted by molar-refractivity contribution is -0.119. The summed E-state index contributed by atoms with van der Waals surface area (Å²) in [5.74, 6) is 0.211. The Morgan fingerprint density at radius 3 is 2.24 bits per heavy atom. The Bertz CT molecular complexity index is 1150. The van der Waals surface area contributed by atoms with Crippen molar-refractivity contribution in [3.8, 4) is 5.75 Å². The first-order chi connectivity index (χ1) is 16.0. The molecular formula is C25H27N3O4S. The molecule has 3 aromatic rings. The molecule has 0 heterocycles. The van der Waals surface area contributed by atoms with E-state index < -0.39 is 22.5 Å². The van der Waals surface area contributed by atoms with Crippen LogP contribution in [0.3, 0.4) is 0 Å². The van der Waals surface area contributed by atoms with Crippen LogP contribution in [-0.2, 0) is 14.8 Å². The number of nitrogens with one attached hydrogen (secondary N) is 1. The summed E-state index contributed by atoms with van der Waals surface area (Å²) in [4.78, 5) is 12.6. The zero-order valence-electron chi connectivity index (χ0n) is 18.4. The second-order valence-electron chi connectivity index (χ2n) is 7.22. The molecular weight excluding hydrogens is 438 g/mol. The van der Waals surface area contributed by atoms with Gasteiger partial charge in [0.1, 0.15) is 12.3 Å². The van der Waals surface area contributed by atoms with E-state index in [1.807, 2.05) is 24.3 Å². The largest absolute Gasteiger partial charge is 0.494 e. The maximum atomic E-state index is 13.2. The Morgan fingerprint density at radius 1 is 0.970 bits per heavy atom. The minimum absolute atomic E-state index is 0.103. The van der Waals surface area contributed by atoms with Crippen LogP contribution in [0.15, 0.2) is 94.9 Å². The first-order valence-corrected chi connectivity index (χ1v) is 12.1. The molecule has 0 aromatic heterocycles. The summed E-state index contributed by atoms with van der Waals surface area (Å²) in [7, 11) is -3.93. The number of anilines is 1. The van der Waals surface area contributed by atoms with Crippen molar-refractivity contribution in [1.82, 2.24) is 5.43 Å². The van der Waals surface area contributed by atoms with Crippen molar-refractivity contribution in [3.63, 3.8) is 0 Å². The highest BCUT2D eigenvalue weighted by Crippen LogP contribution is 2.23. The van der Waals surface area contributed by atoms with Crippen LogP contribution >= 0.6 is 0 Å². The molecule has 0 saturated heterocycles. The topological polar surface area (TPSA) is 88.1 Å². The number of sulfonamides is 1. The van der Waals surface area contributed by atoms with Crippen molar-refractivity contribution in [2.24, 2.45) is 5.10 Å². The zero-order valence-corrected chi connectivity index (χ0v) is 19.2. The van der Waals surface area contributed by atoms with Gasteiger partial charge in [-0.3, -0.25) is 9.10 Å². The summed E-state index contributed by atoms with van der Waals surface area (Å²) >= 11 is 0. The van der Waals surface area contributed by atoms with Crippen LogP contribution in [0.4, 0.5) is 5.69 Å². The molecule has 0 aliphatic heterocycles. The Labute approximate surface area is 194 Å². The molecule has 0 aliphatic rings.